The fourth-order valence-electron chi connectivity index (χ4n) is 2.51. The molecule has 0 unspecified atom stereocenters. The molecule has 0 radical (unpaired) electrons. The molecule has 1 fully saturated rings. The molecule has 1 aromatic heterocycles. The molecule has 20 heavy (non-hydrogen) atoms. The number of rotatable bonds is 5. The molecule has 0 spiro atoms. The highest BCUT2D eigenvalue weighted by atomic mass is 79.9. The molecule has 1 aliphatic heterocycles. The molecule has 2 rings (SSSR count). The molecular weight excluding hydrogens is 360 g/mol. The molecule has 4 nitrogen and oxygen atoms in total. The van der Waals surface area contributed by atoms with Crippen LogP contribution in [0.15, 0.2) is 14.7 Å². The largest absolute Gasteiger partial charge is 0.304 e. The van der Waals surface area contributed by atoms with E-state index in [1.54, 1.807) is 6.07 Å². The van der Waals surface area contributed by atoms with Gasteiger partial charge >= 0.3 is 0 Å². The first-order chi connectivity index (χ1) is 9.42. The number of likely N-dealkylation sites (tertiary alicyclic amines) is 1. The van der Waals surface area contributed by atoms with Crippen molar-refractivity contribution in [1.82, 2.24) is 9.62 Å². The molecule has 0 aliphatic carbocycles. The van der Waals surface area contributed by atoms with E-state index in [0.29, 0.717) is 17.4 Å². The number of hydrogen-bond donors (Lipinski definition) is 1. The highest BCUT2D eigenvalue weighted by molar-refractivity contribution is 9.11. The second kappa shape index (κ2) is 6.87. The Hall–Kier alpha value is 0.0500. The number of hydrogen-bond acceptors (Lipinski definition) is 4. The minimum Gasteiger partial charge on any atom is -0.304 e. The quantitative estimate of drug-likeness (QED) is 0.853. The molecule has 2 heterocycles. The van der Waals surface area contributed by atoms with E-state index in [9.17, 15) is 8.42 Å². The summed E-state index contributed by atoms with van der Waals surface area (Å²) in [6.45, 7) is 7.79. The monoisotopic (exact) mass is 380 g/mol. The van der Waals surface area contributed by atoms with Crippen LogP contribution in [0.2, 0.25) is 0 Å². The Morgan fingerprint density at radius 3 is 2.60 bits per heavy atom. The van der Waals surface area contributed by atoms with Gasteiger partial charge in [0.1, 0.15) is 0 Å². The standard InChI is InChI=1S/C13H21BrN2O2S2/c1-3-16-6-4-11(5-7-16)9-15-20(17,18)12-8-13(14)19-10(12)2/h8,11,15H,3-7,9H2,1-2H3. The summed E-state index contributed by atoms with van der Waals surface area (Å²) in [5, 5.41) is 0. The van der Waals surface area contributed by atoms with Gasteiger partial charge in [0.25, 0.3) is 0 Å². The van der Waals surface area contributed by atoms with Crippen LogP contribution in [0.1, 0.15) is 24.6 Å². The summed E-state index contributed by atoms with van der Waals surface area (Å²) in [7, 11) is -3.37. The van der Waals surface area contributed by atoms with E-state index >= 15 is 0 Å². The van der Waals surface area contributed by atoms with Gasteiger partial charge in [0.15, 0.2) is 0 Å². The van der Waals surface area contributed by atoms with Crippen LogP contribution in [0, 0.1) is 12.8 Å². The Morgan fingerprint density at radius 2 is 2.10 bits per heavy atom. The fourth-order valence-corrected chi connectivity index (χ4v) is 6.04. The lowest BCUT2D eigenvalue weighted by atomic mass is 9.97. The molecule has 1 aromatic rings. The Kier molecular flexibility index (Phi) is 5.64. The van der Waals surface area contributed by atoms with E-state index in [1.807, 2.05) is 6.92 Å². The van der Waals surface area contributed by atoms with E-state index in [0.717, 1.165) is 41.1 Å². The summed E-state index contributed by atoms with van der Waals surface area (Å²) in [6, 6.07) is 1.68. The fraction of sp³-hybridized carbons (Fsp3) is 0.692. The molecule has 1 aliphatic rings. The predicted octanol–water partition coefficient (Wildman–Crippen LogP) is 2.83. The van der Waals surface area contributed by atoms with Crippen LogP contribution in [0.5, 0.6) is 0 Å². The lowest BCUT2D eigenvalue weighted by Gasteiger charge is -2.30. The summed E-state index contributed by atoms with van der Waals surface area (Å²) < 4.78 is 28.2. The number of nitrogens with one attached hydrogen (secondary N) is 1. The van der Waals surface area contributed by atoms with Gasteiger partial charge in [-0.2, -0.15) is 0 Å². The minimum absolute atomic E-state index is 0.403. The molecule has 0 atom stereocenters. The number of halogens is 1. The van der Waals surface area contributed by atoms with Crippen LogP contribution >= 0.6 is 27.3 Å². The third-order valence-electron chi connectivity index (χ3n) is 3.85. The van der Waals surface area contributed by atoms with Crippen LogP contribution in [0.25, 0.3) is 0 Å². The van der Waals surface area contributed by atoms with Gasteiger partial charge in [-0.05, 0) is 67.3 Å². The number of sulfonamides is 1. The van der Waals surface area contributed by atoms with Crippen LogP contribution in [0.4, 0.5) is 0 Å². The molecule has 0 amide bonds. The molecular formula is C13H21BrN2O2S2. The lowest BCUT2D eigenvalue weighted by Crippen LogP contribution is -2.38. The maximum Gasteiger partial charge on any atom is 0.241 e. The van der Waals surface area contributed by atoms with Crippen molar-refractivity contribution in [3.8, 4) is 0 Å². The van der Waals surface area contributed by atoms with Gasteiger partial charge in [-0.25, -0.2) is 13.1 Å². The molecule has 114 valence electrons. The van der Waals surface area contributed by atoms with Crippen molar-refractivity contribution in [1.29, 1.82) is 0 Å². The lowest BCUT2D eigenvalue weighted by molar-refractivity contribution is 0.194. The van der Waals surface area contributed by atoms with Crippen molar-refractivity contribution in [2.45, 2.75) is 31.6 Å². The SMILES string of the molecule is CCN1CCC(CNS(=O)(=O)c2cc(Br)sc2C)CC1. The molecule has 0 aromatic carbocycles. The average molecular weight is 381 g/mol. The van der Waals surface area contributed by atoms with Gasteiger partial charge < -0.3 is 4.90 Å². The topological polar surface area (TPSA) is 49.4 Å². The second-order valence-corrected chi connectivity index (χ2v) is 9.57. The summed E-state index contributed by atoms with van der Waals surface area (Å²) in [4.78, 5) is 3.64. The second-order valence-electron chi connectivity index (χ2n) is 5.20. The van der Waals surface area contributed by atoms with Crippen LogP contribution in [-0.2, 0) is 10.0 Å². The number of nitrogens with zero attached hydrogens (tertiary/aromatic N) is 1. The van der Waals surface area contributed by atoms with Crippen molar-refractivity contribution in [3.05, 3.63) is 14.7 Å². The Labute approximate surface area is 133 Å². The van der Waals surface area contributed by atoms with Crippen LogP contribution in [-0.4, -0.2) is 39.5 Å². The zero-order valence-corrected chi connectivity index (χ0v) is 15.1. The maximum absolute atomic E-state index is 12.3. The zero-order chi connectivity index (χ0) is 14.8. The molecule has 0 bridgehead atoms. The smallest absolute Gasteiger partial charge is 0.241 e. The number of aryl methyl sites for hydroxylation is 1. The molecule has 1 saturated heterocycles. The normalized spacial score (nSPS) is 18.6. The van der Waals surface area contributed by atoms with E-state index in [1.165, 1.54) is 11.3 Å². The Bertz CT molecular complexity index is 549. The van der Waals surface area contributed by atoms with Crippen molar-refractivity contribution >= 4 is 37.3 Å². The van der Waals surface area contributed by atoms with E-state index in [4.69, 9.17) is 0 Å². The van der Waals surface area contributed by atoms with E-state index in [2.05, 4.69) is 32.5 Å². The molecule has 1 N–H and O–H groups in total. The first-order valence-corrected chi connectivity index (χ1v) is 9.99. The maximum atomic E-state index is 12.3. The van der Waals surface area contributed by atoms with Crippen molar-refractivity contribution in [3.63, 3.8) is 0 Å². The summed E-state index contributed by atoms with van der Waals surface area (Å²) in [5.41, 5.74) is 0. The van der Waals surface area contributed by atoms with Crippen molar-refractivity contribution in [2.24, 2.45) is 5.92 Å². The van der Waals surface area contributed by atoms with Gasteiger partial charge in [0, 0.05) is 11.4 Å². The third kappa shape index (κ3) is 4.04. The minimum atomic E-state index is -3.37. The van der Waals surface area contributed by atoms with Crippen LogP contribution < -0.4 is 4.72 Å². The Morgan fingerprint density at radius 1 is 1.45 bits per heavy atom. The molecule has 0 saturated carbocycles. The summed E-state index contributed by atoms with van der Waals surface area (Å²) in [6.07, 6.45) is 2.14. The highest BCUT2D eigenvalue weighted by Crippen LogP contribution is 2.29. The Balaban J connectivity index is 1.92. The summed E-state index contributed by atoms with van der Waals surface area (Å²) in [5.74, 6) is 0.454. The van der Waals surface area contributed by atoms with Crippen molar-refractivity contribution < 1.29 is 8.42 Å². The van der Waals surface area contributed by atoms with Gasteiger partial charge in [0.05, 0.1) is 8.68 Å². The first kappa shape index (κ1) is 16.4. The van der Waals surface area contributed by atoms with E-state index in [-0.39, 0.29) is 0 Å². The molecule has 7 heteroatoms. The van der Waals surface area contributed by atoms with Gasteiger partial charge in [-0.3, -0.25) is 0 Å². The average Bonchev–Trinajstić information content (AvgIpc) is 2.77. The highest BCUT2D eigenvalue weighted by Gasteiger charge is 2.23. The van der Waals surface area contributed by atoms with Gasteiger partial charge in [-0.1, -0.05) is 6.92 Å². The van der Waals surface area contributed by atoms with Gasteiger partial charge in [-0.15, -0.1) is 11.3 Å². The number of thiophene rings is 1. The third-order valence-corrected chi connectivity index (χ3v) is 7.08. The first-order valence-electron chi connectivity index (χ1n) is 6.90. The van der Waals surface area contributed by atoms with Crippen molar-refractivity contribution in [2.75, 3.05) is 26.2 Å². The summed E-state index contributed by atoms with van der Waals surface area (Å²) >= 11 is 4.79. The van der Waals surface area contributed by atoms with E-state index < -0.39 is 10.0 Å². The predicted molar refractivity (Wildman–Crippen MR) is 86.8 cm³/mol. The zero-order valence-electron chi connectivity index (χ0n) is 11.9. The number of piperidine rings is 1. The van der Waals surface area contributed by atoms with Gasteiger partial charge in [0.2, 0.25) is 10.0 Å². The van der Waals surface area contributed by atoms with Crippen LogP contribution in [0.3, 0.4) is 0 Å².